The van der Waals surface area contributed by atoms with Gasteiger partial charge in [-0.1, -0.05) is 0 Å². The fourth-order valence-electron chi connectivity index (χ4n) is 1.75. The topological polar surface area (TPSA) is 82.7 Å². The molecule has 3 rings (SSSR count). The van der Waals surface area contributed by atoms with Crippen LogP contribution in [0.1, 0.15) is 5.56 Å². The van der Waals surface area contributed by atoms with Gasteiger partial charge in [0, 0.05) is 16.8 Å². The van der Waals surface area contributed by atoms with Gasteiger partial charge in [0.2, 0.25) is 5.88 Å². The molecule has 5 nitrogen and oxygen atoms in total. The van der Waals surface area contributed by atoms with Crippen molar-refractivity contribution in [3.63, 3.8) is 0 Å². The molecular weight excluding hydrogens is 216 g/mol. The Bertz CT molecular complexity index is 776. The van der Waals surface area contributed by atoms with Gasteiger partial charge in [0.1, 0.15) is 5.52 Å². The molecule has 0 aliphatic heterocycles. The highest BCUT2D eigenvalue weighted by Gasteiger charge is 2.05. The van der Waals surface area contributed by atoms with Gasteiger partial charge in [0.05, 0.1) is 23.3 Å². The van der Waals surface area contributed by atoms with Crippen molar-refractivity contribution < 1.29 is 5.11 Å². The third-order valence-electron chi connectivity index (χ3n) is 2.55. The van der Waals surface area contributed by atoms with Crippen molar-refractivity contribution in [2.24, 2.45) is 0 Å². The quantitative estimate of drug-likeness (QED) is 0.586. The molecule has 0 spiro atoms. The van der Waals surface area contributed by atoms with Crippen LogP contribution < -0.4 is 0 Å². The Hall–Kier alpha value is -2.74. The Kier molecular flexibility index (Phi) is 1.89. The largest absolute Gasteiger partial charge is 0.493 e. The van der Waals surface area contributed by atoms with Crippen molar-refractivity contribution in [1.82, 2.24) is 15.2 Å². The predicted octanol–water partition coefficient (Wildman–Crippen LogP) is 1.76. The molecule has 80 valence electrons. The Balaban J connectivity index is 2.52. The summed E-state index contributed by atoms with van der Waals surface area (Å²) in [7, 11) is 0. The van der Waals surface area contributed by atoms with Crippen molar-refractivity contribution in [2.75, 3.05) is 0 Å². The Morgan fingerprint density at radius 3 is 2.65 bits per heavy atom. The lowest BCUT2D eigenvalue weighted by molar-refractivity contribution is 0.454. The number of rotatable bonds is 0. The second-order valence-electron chi connectivity index (χ2n) is 3.60. The lowest BCUT2D eigenvalue weighted by atomic mass is 10.1. The Labute approximate surface area is 96.0 Å². The summed E-state index contributed by atoms with van der Waals surface area (Å²) in [5.41, 5.74) is 1.82. The highest BCUT2D eigenvalue weighted by atomic mass is 16.3. The van der Waals surface area contributed by atoms with Gasteiger partial charge in [-0.3, -0.25) is 0 Å². The van der Waals surface area contributed by atoms with Crippen LogP contribution in [0.5, 0.6) is 5.88 Å². The number of pyridine rings is 1. The predicted molar refractivity (Wildman–Crippen MR) is 61.2 cm³/mol. The second-order valence-corrected chi connectivity index (χ2v) is 3.60. The maximum Gasteiger partial charge on any atom is 0.211 e. The average Bonchev–Trinajstić information content (AvgIpc) is 2.38. The van der Waals surface area contributed by atoms with Gasteiger partial charge in [-0.25, -0.2) is 4.98 Å². The molecule has 0 unspecified atom stereocenters. The number of nitrogens with zero attached hydrogens (tertiary/aromatic N) is 4. The first-order valence-electron chi connectivity index (χ1n) is 4.93. The maximum absolute atomic E-state index is 9.39. The van der Waals surface area contributed by atoms with Crippen molar-refractivity contribution >= 4 is 21.8 Å². The second kappa shape index (κ2) is 3.39. The van der Waals surface area contributed by atoms with Gasteiger partial charge in [-0.2, -0.15) is 5.26 Å². The van der Waals surface area contributed by atoms with Crippen LogP contribution in [-0.2, 0) is 0 Å². The molecule has 1 aromatic carbocycles. The molecule has 0 fully saturated rings. The molecule has 0 saturated heterocycles. The summed E-state index contributed by atoms with van der Waals surface area (Å²) in [5, 5.41) is 27.8. The first kappa shape index (κ1) is 9.48. The van der Waals surface area contributed by atoms with E-state index < -0.39 is 0 Å². The lowest BCUT2D eigenvalue weighted by Crippen LogP contribution is -1.89. The molecule has 0 radical (unpaired) electrons. The summed E-state index contributed by atoms with van der Waals surface area (Å²) in [6, 6.07) is 8.74. The highest BCUT2D eigenvalue weighted by molar-refractivity contribution is 6.04. The molecule has 0 aliphatic carbocycles. The fraction of sp³-hybridized carbons (Fsp3) is 0. The molecule has 3 aromatic rings. The Morgan fingerprint density at radius 1 is 1.06 bits per heavy atom. The van der Waals surface area contributed by atoms with Crippen LogP contribution in [0, 0.1) is 11.3 Å². The van der Waals surface area contributed by atoms with E-state index in [0.29, 0.717) is 16.6 Å². The average molecular weight is 222 g/mol. The summed E-state index contributed by atoms with van der Waals surface area (Å²) in [6.45, 7) is 0. The van der Waals surface area contributed by atoms with Gasteiger partial charge >= 0.3 is 0 Å². The van der Waals surface area contributed by atoms with Crippen LogP contribution in [0.15, 0.2) is 30.5 Å². The van der Waals surface area contributed by atoms with E-state index >= 15 is 0 Å². The molecule has 5 heteroatoms. The van der Waals surface area contributed by atoms with Gasteiger partial charge in [-0.05, 0) is 18.2 Å². The number of nitriles is 1. The van der Waals surface area contributed by atoms with E-state index in [0.717, 1.165) is 10.8 Å². The number of fused-ring (bicyclic) bond motifs is 3. The standard InChI is InChI=1S/C12H6N4O/c13-5-7-1-2-10-8(3-7)9-4-12(17)14-6-11(9)16-15-10/h1-4,6H,(H,14,17). The summed E-state index contributed by atoms with van der Waals surface area (Å²) >= 11 is 0. The van der Waals surface area contributed by atoms with E-state index in [-0.39, 0.29) is 5.88 Å². The third kappa shape index (κ3) is 1.43. The van der Waals surface area contributed by atoms with E-state index in [4.69, 9.17) is 5.26 Å². The minimum Gasteiger partial charge on any atom is -0.493 e. The monoisotopic (exact) mass is 222 g/mol. The van der Waals surface area contributed by atoms with Crippen molar-refractivity contribution in [3.05, 3.63) is 36.0 Å². The zero-order valence-electron chi connectivity index (χ0n) is 8.62. The van der Waals surface area contributed by atoms with Crippen LogP contribution in [0.4, 0.5) is 0 Å². The summed E-state index contributed by atoms with van der Waals surface area (Å²) in [4.78, 5) is 3.74. The van der Waals surface area contributed by atoms with E-state index in [1.54, 1.807) is 18.2 Å². The smallest absolute Gasteiger partial charge is 0.211 e. The molecular formula is C12H6N4O. The van der Waals surface area contributed by atoms with E-state index in [1.165, 1.54) is 12.3 Å². The van der Waals surface area contributed by atoms with Gasteiger partial charge in [0.15, 0.2) is 0 Å². The number of benzene rings is 1. The van der Waals surface area contributed by atoms with Crippen molar-refractivity contribution in [1.29, 1.82) is 5.26 Å². The first-order chi connectivity index (χ1) is 8.28. The SMILES string of the molecule is N#Cc1ccc2nnc3cnc(O)cc3c2c1. The summed E-state index contributed by atoms with van der Waals surface area (Å²) in [5.74, 6) is -0.0749. The summed E-state index contributed by atoms with van der Waals surface area (Å²) in [6.07, 6.45) is 1.45. The van der Waals surface area contributed by atoms with Crippen LogP contribution in [0.3, 0.4) is 0 Å². The maximum atomic E-state index is 9.39. The zero-order valence-corrected chi connectivity index (χ0v) is 8.62. The van der Waals surface area contributed by atoms with Crippen molar-refractivity contribution in [2.45, 2.75) is 0 Å². The number of hydrogen-bond donors (Lipinski definition) is 1. The molecule has 17 heavy (non-hydrogen) atoms. The van der Waals surface area contributed by atoms with Crippen LogP contribution >= 0.6 is 0 Å². The molecule has 2 heterocycles. The first-order valence-corrected chi connectivity index (χ1v) is 4.93. The molecule has 0 aliphatic rings. The van der Waals surface area contributed by atoms with Gasteiger partial charge in [-0.15, -0.1) is 10.2 Å². The normalized spacial score (nSPS) is 10.5. The minimum absolute atomic E-state index is 0.0749. The minimum atomic E-state index is -0.0749. The van der Waals surface area contributed by atoms with Crippen molar-refractivity contribution in [3.8, 4) is 11.9 Å². The Morgan fingerprint density at radius 2 is 1.82 bits per heavy atom. The lowest BCUT2D eigenvalue weighted by Gasteiger charge is -2.02. The van der Waals surface area contributed by atoms with Gasteiger partial charge in [0.25, 0.3) is 0 Å². The zero-order chi connectivity index (χ0) is 11.8. The molecule has 0 saturated carbocycles. The van der Waals surface area contributed by atoms with Gasteiger partial charge < -0.3 is 5.11 Å². The van der Waals surface area contributed by atoms with Crippen LogP contribution in [-0.4, -0.2) is 20.3 Å². The van der Waals surface area contributed by atoms with E-state index in [2.05, 4.69) is 21.3 Å². The number of hydrogen-bond acceptors (Lipinski definition) is 5. The molecule has 0 amide bonds. The highest BCUT2D eigenvalue weighted by Crippen LogP contribution is 2.24. The summed E-state index contributed by atoms with van der Waals surface area (Å²) < 4.78 is 0. The molecule has 0 atom stereocenters. The van der Waals surface area contributed by atoms with E-state index in [1.807, 2.05) is 0 Å². The number of aromatic hydroxyl groups is 1. The van der Waals surface area contributed by atoms with E-state index in [9.17, 15) is 5.11 Å². The molecule has 2 aromatic heterocycles. The van der Waals surface area contributed by atoms with Crippen LogP contribution in [0.2, 0.25) is 0 Å². The van der Waals surface area contributed by atoms with Crippen LogP contribution in [0.25, 0.3) is 21.8 Å². The number of aromatic nitrogens is 3. The third-order valence-corrected chi connectivity index (χ3v) is 2.55. The molecule has 0 bridgehead atoms. The molecule has 1 N–H and O–H groups in total. The fourth-order valence-corrected chi connectivity index (χ4v) is 1.75.